The normalized spacial score (nSPS) is 27.3. The highest BCUT2D eigenvalue weighted by Gasteiger charge is 2.39. The molecule has 1 aliphatic heterocycles. The van der Waals surface area contributed by atoms with Crippen LogP contribution in [-0.2, 0) is 9.53 Å². The molecule has 1 N–H and O–H groups in total. The molecule has 1 saturated heterocycles. The van der Waals surface area contributed by atoms with Gasteiger partial charge in [-0.05, 0) is 24.3 Å². The standard InChI is InChI=1S/C15H19NO3/c17-10-15(18)16-8-13(11-4-2-1-3-5-11)19-14(9-16)12-6-7-12/h1-5,12-14,17H,6-10H2/t13-,14+/m0/s1. The number of aliphatic hydroxyl groups is 1. The molecule has 1 saturated carbocycles. The minimum atomic E-state index is -0.418. The highest BCUT2D eigenvalue weighted by atomic mass is 16.5. The van der Waals surface area contributed by atoms with Gasteiger partial charge in [0.2, 0.25) is 5.91 Å². The number of hydrogen-bond donors (Lipinski definition) is 1. The van der Waals surface area contributed by atoms with E-state index in [-0.39, 0.29) is 18.1 Å². The number of aliphatic hydroxyl groups excluding tert-OH is 1. The topological polar surface area (TPSA) is 49.8 Å². The van der Waals surface area contributed by atoms with Gasteiger partial charge < -0.3 is 14.7 Å². The summed E-state index contributed by atoms with van der Waals surface area (Å²) in [4.78, 5) is 13.5. The van der Waals surface area contributed by atoms with Gasteiger partial charge in [-0.1, -0.05) is 30.3 Å². The first-order chi connectivity index (χ1) is 9.28. The smallest absolute Gasteiger partial charge is 0.248 e. The van der Waals surface area contributed by atoms with Crippen LogP contribution in [-0.4, -0.2) is 41.7 Å². The van der Waals surface area contributed by atoms with E-state index in [2.05, 4.69) is 0 Å². The Morgan fingerprint density at radius 2 is 2.00 bits per heavy atom. The fourth-order valence-corrected chi connectivity index (χ4v) is 2.67. The van der Waals surface area contributed by atoms with E-state index < -0.39 is 6.61 Å². The Morgan fingerprint density at radius 1 is 1.26 bits per heavy atom. The summed E-state index contributed by atoms with van der Waals surface area (Å²) in [5, 5.41) is 9.05. The van der Waals surface area contributed by atoms with E-state index in [1.54, 1.807) is 4.90 Å². The third kappa shape index (κ3) is 2.80. The largest absolute Gasteiger partial charge is 0.387 e. The summed E-state index contributed by atoms with van der Waals surface area (Å²) >= 11 is 0. The summed E-state index contributed by atoms with van der Waals surface area (Å²) in [6, 6.07) is 10.00. The predicted molar refractivity (Wildman–Crippen MR) is 70.4 cm³/mol. The highest BCUT2D eigenvalue weighted by molar-refractivity contribution is 5.77. The maximum Gasteiger partial charge on any atom is 0.248 e. The highest BCUT2D eigenvalue weighted by Crippen LogP contribution is 2.39. The van der Waals surface area contributed by atoms with Crippen LogP contribution in [0.25, 0.3) is 0 Å². The van der Waals surface area contributed by atoms with E-state index in [1.165, 1.54) is 12.8 Å². The Labute approximate surface area is 113 Å². The van der Waals surface area contributed by atoms with Gasteiger partial charge in [-0.2, -0.15) is 0 Å². The van der Waals surface area contributed by atoms with Gasteiger partial charge in [0.15, 0.2) is 0 Å². The Bertz CT molecular complexity index is 444. The summed E-state index contributed by atoms with van der Waals surface area (Å²) in [6.07, 6.45) is 2.42. The number of nitrogens with zero attached hydrogens (tertiary/aromatic N) is 1. The SMILES string of the molecule is O=C(CO)N1C[C@@H](c2ccccc2)O[C@@H](C2CC2)C1. The van der Waals surface area contributed by atoms with Crippen molar-refractivity contribution >= 4 is 5.91 Å². The molecule has 102 valence electrons. The number of hydrogen-bond acceptors (Lipinski definition) is 3. The molecule has 1 aromatic carbocycles. The van der Waals surface area contributed by atoms with Crippen LogP contribution in [0, 0.1) is 5.92 Å². The molecule has 0 aromatic heterocycles. The Morgan fingerprint density at radius 3 is 2.63 bits per heavy atom. The Hall–Kier alpha value is -1.39. The second-order valence-electron chi connectivity index (χ2n) is 5.37. The maximum atomic E-state index is 11.8. The number of benzene rings is 1. The first-order valence-corrected chi connectivity index (χ1v) is 6.87. The van der Waals surface area contributed by atoms with Gasteiger partial charge in [-0.15, -0.1) is 0 Å². The number of carbonyl (C=O) groups excluding carboxylic acids is 1. The molecule has 2 fully saturated rings. The van der Waals surface area contributed by atoms with Gasteiger partial charge in [-0.3, -0.25) is 4.79 Å². The van der Waals surface area contributed by atoms with Crippen molar-refractivity contribution in [3.05, 3.63) is 35.9 Å². The minimum Gasteiger partial charge on any atom is -0.387 e. The number of ether oxygens (including phenoxy) is 1. The third-order valence-electron chi connectivity index (χ3n) is 3.93. The molecule has 4 nitrogen and oxygen atoms in total. The lowest BCUT2D eigenvalue weighted by molar-refractivity contribution is -0.150. The summed E-state index contributed by atoms with van der Waals surface area (Å²) in [7, 11) is 0. The second kappa shape index (κ2) is 5.31. The van der Waals surface area contributed by atoms with Crippen LogP contribution in [0.5, 0.6) is 0 Å². The van der Waals surface area contributed by atoms with E-state index in [9.17, 15) is 4.79 Å². The van der Waals surface area contributed by atoms with Crippen LogP contribution in [0.3, 0.4) is 0 Å². The molecule has 1 amide bonds. The van der Waals surface area contributed by atoms with Crippen LogP contribution in [0.15, 0.2) is 30.3 Å². The average Bonchev–Trinajstić information content (AvgIpc) is 3.31. The molecular weight excluding hydrogens is 242 g/mol. The molecule has 4 heteroatoms. The quantitative estimate of drug-likeness (QED) is 0.893. The Balaban J connectivity index is 1.77. The number of morpholine rings is 1. The first kappa shape index (κ1) is 12.6. The van der Waals surface area contributed by atoms with Crippen LogP contribution >= 0.6 is 0 Å². The third-order valence-corrected chi connectivity index (χ3v) is 3.93. The van der Waals surface area contributed by atoms with E-state index in [1.807, 2.05) is 30.3 Å². The lowest BCUT2D eigenvalue weighted by Gasteiger charge is -2.38. The van der Waals surface area contributed by atoms with Gasteiger partial charge in [0.1, 0.15) is 12.7 Å². The zero-order valence-corrected chi connectivity index (χ0v) is 10.9. The van der Waals surface area contributed by atoms with Crippen molar-refractivity contribution in [1.82, 2.24) is 4.90 Å². The van der Waals surface area contributed by atoms with E-state index >= 15 is 0 Å². The molecule has 2 atom stereocenters. The van der Waals surface area contributed by atoms with Crippen LogP contribution in [0.1, 0.15) is 24.5 Å². The van der Waals surface area contributed by atoms with Crippen LogP contribution in [0.2, 0.25) is 0 Å². The minimum absolute atomic E-state index is 0.0731. The van der Waals surface area contributed by atoms with Crippen molar-refractivity contribution in [2.24, 2.45) is 5.92 Å². The fraction of sp³-hybridized carbons (Fsp3) is 0.533. The van der Waals surface area contributed by atoms with Gasteiger partial charge in [-0.25, -0.2) is 0 Å². The molecule has 3 rings (SSSR count). The molecule has 1 heterocycles. The molecule has 19 heavy (non-hydrogen) atoms. The molecule has 1 aliphatic carbocycles. The van der Waals surface area contributed by atoms with Crippen molar-refractivity contribution in [2.45, 2.75) is 25.0 Å². The summed E-state index contributed by atoms with van der Waals surface area (Å²) in [5.74, 6) is 0.385. The molecule has 0 unspecified atom stereocenters. The van der Waals surface area contributed by atoms with Gasteiger partial charge in [0, 0.05) is 6.54 Å². The summed E-state index contributed by atoms with van der Waals surface area (Å²) in [5.41, 5.74) is 1.10. The van der Waals surface area contributed by atoms with E-state index in [0.717, 1.165) is 5.56 Å². The molecule has 0 radical (unpaired) electrons. The van der Waals surface area contributed by atoms with Crippen LogP contribution in [0.4, 0.5) is 0 Å². The second-order valence-corrected chi connectivity index (χ2v) is 5.37. The molecule has 2 aliphatic rings. The van der Waals surface area contributed by atoms with E-state index in [4.69, 9.17) is 9.84 Å². The average molecular weight is 261 g/mol. The van der Waals surface area contributed by atoms with E-state index in [0.29, 0.717) is 19.0 Å². The van der Waals surface area contributed by atoms with Gasteiger partial charge in [0.25, 0.3) is 0 Å². The lowest BCUT2D eigenvalue weighted by Crippen LogP contribution is -2.48. The zero-order valence-electron chi connectivity index (χ0n) is 10.9. The van der Waals surface area contributed by atoms with Crippen molar-refractivity contribution in [1.29, 1.82) is 0 Å². The van der Waals surface area contributed by atoms with Crippen molar-refractivity contribution in [3.8, 4) is 0 Å². The molecule has 1 aromatic rings. The first-order valence-electron chi connectivity index (χ1n) is 6.87. The fourth-order valence-electron chi connectivity index (χ4n) is 2.67. The van der Waals surface area contributed by atoms with Crippen molar-refractivity contribution in [2.75, 3.05) is 19.7 Å². The molecule has 0 spiro atoms. The number of amides is 1. The summed E-state index contributed by atoms with van der Waals surface area (Å²) in [6.45, 7) is 0.735. The van der Waals surface area contributed by atoms with Crippen LogP contribution < -0.4 is 0 Å². The Kier molecular flexibility index (Phi) is 3.53. The molecular formula is C15H19NO3. The van der Waals surface area contributed by atoms with Crippen molar-refractivity contribution in [3.63, 3.8) is 0 Å². The monoisotopic (exact) mass is 261 g/mol. The maximum absolute atomic E-state index is 11.8. The zero-order chi connectivity index (χ0) is 13.2. The van der Waals surface area contributed by atoms with Gasteiger partial charge in [0.05, 0.1) is 12.6 Å². The lowest BCUT2D eigenvalue weighted by atomic mass is 10.0. The van der Waals surface area contributed by atoms with Crippen molar-refractivity contribution < 1.29 is 14.6 Å². The molecule has 0 bridgehead atoms. The van der Waals surface area contributed by atoms with Gasteiger partial charge >= 0.3 is 0 Å². The predicted octanol–water partition coefficient (Wildman–Crippen LogP) is 1.36. The summed E-state index contributed by atoms with van der Waals surface area (Å²) < 4.78 is 6.15. The number of rotatable bonds is 3. The number of carbonyl (C=O) groups is 1.